The van der Waals surface area contributed by atoms with E-state index in [1.165, 1.54) is 6.07 Å². The molecule has 1 aromatic carbocycles. The van der Waals surface area contributed by atoms with Gasteiger partial charge in [-0.3, -0.25) is 5.01 Å². The highest BCUT2D eigenvalue weighted by atomic mass is 79.9. The summed E-state index contributed by atoms with van der Waals surface area (Å²) in [5.74, 6) is 1.07. The van der Waals surface area contributed by atoms with Crippen molar-refractivity contribution >= 4 is 21.8 Å². The predicted molar refractivity (Wildman–Crippen MR) is 124 cm³/mol. The number of benzene rings is 1. The van der Waals surface area contributed by atoms with Crippen molar-refractivity contribution in [2.75, 3.05) is 20.7 Å². The lowest BCUT2D eigenvalue weighted by atomic mass is 9.87. The molecule has 0 aliphatic carbocycles. The maximum atomic E-state index is 14.7. The number of imidazole rings is 1. The summed E-state index contributed by atoms with van der Waals surface area (Å²) < 4.78 is 23.1. The molecule has 1 saturated heterocycles. The number of ether oxygens (including phenoxy) is 1. The van der Waals surface area contributed by atoms with Crippen molar-refractivity contribution in [3.8, 4) is 11.6 Å². The van der Waals surface area contributed by atoms with Gasteiger partial charge in [-0.2, -0.15) is 5.10 Å². The number of nitrogens with zero attached hydrogens (tertiary/aromatic N) is 6. The van der Waals surface area contributed by atoms with Gasteiger partial charge < -0.3 is 14.2 Å². The first-order valence-corrected chi connectivity index (χ1v) is 11.3. The van der Waals surface area contributed by atoms with Crippen LogP contribution in [0.2, 0.25) is 0 Å². The number of hydrazone groups is 1. The van der Waals surface area contributed by atoms with Crippen molar-refractivity contribution in [2.45, 2.75) is 31.8 Å². The predicted octanol–water partition coefficient (Wildman–Crippen LogP) is 4.30. The quantitative estimate of drug-likeness (QED) is 0.536. The SMILES string of the molecule is COc1nc(C2=NN3CCCC(c4cc(Br)ccc4F)C3N2C)ccc1-n1cnc(C)c1. The molecule has 7 nitrogen and oxygen atoms in total. The molecule has 2 aliphatic rings. The number of aromatic nitrogens is 3. The molecule has 0 bridgehead atoms. The molecule has 2 aliphatic heterocycles. The second kappa shape index (κ2) is 8.20. The van der Waals surface area contributed by atoms with E-state index in [1.54, 1.807) is 19.5 Å². The molecule has 9 heteroatoms. The Balaban J connectivity index is 1.49. The molecular formula is C23H24BrFN6O. The summed E-state index contributed by atoms with van der Waals surface area (Å²) in [5.41, 5.74) is 3.16. The molecule has 0 radical (unpaired) electrons. The van der Waals surface area contributed by atoms with Crippen LogP contribution in [-0.2, 0) is 0 Å². The number of halogens is 2. The van der Waals surface area contributed by atoms with Crippen LogP contribution in [0.1, 0.15) is 35.7 Å². The second-order valence-electron chi connectivity index (χ2n) is 8.17. The third-order valence-electron chi connectivity index (χ3n) is 6.13. The summed E-state index contributed by atoms with van der Waals surface area (Å²) in [6, 6.07) is 9.05. The van der Waals surface area contributed by atoms with E-state index in [0.29, 0.717) is 17.1 Å². The third kappa shape index (κ3) is 3.54. The number of fused-ring (bicyclic) bond motifs is 1. The van der Waals surface area contributed by atoms with Crippen molar-refractivity contribution < 1.29 is 9.13 Å². The topological polar surface area (TPSA) is 58.8 Å². The van der Waals surface area contributed by atoms with Gasteiger partial charge in [0, 0.05) is 30.2 Å². The summed E-state index contributed by atoms with van der Waals surface area (Å²) >= 11 is 3.49. The molecule has 1 fully saturated rings. The van der Waals surface area contributed by atoms with E-state index in [2.05, 4.69) is 30.8 Å². The zero-order valence-corrected chi connectivity index (χ0v) is 19.8. The molecule has 4 heterocycles. The molecule has 0 amide bonds. The van der Waals surface area contributed by atoms with Gasteiger partial charge in [0.25, 0.3) is 0 Å². The van der Waals surface area contributed by atoms with Crippen LogP contribution in [0.5, 0.6) is 5.88 Å². The van der Waals surface area contributed by atoms with Gasteiger partial charge in [-0.1, -0.05) is 15.9 Å². The maximum absolute atomic E-state index is 14.7. The summed E-state index contributed by atoms with van der Waals surface area (Å²) in [4.78, 5) is 11.1. The lowest BCUT2D eigenvalue weighted by Crippen LogP contribution is -2.47. The van der Waals surface area contributed by atoms with E-state index < -0.39 is 0 Å². The van der Waals surface area contributed by atoms with Gasteiger partial charge in [0.1, 0.15) is 23.4 Å². The van der Waals surface area contributed by atoms with E-state index in [9.17, 15) is 4.39 Å². The molecule has 3 aromatic rings. The molecule has 32 heavy (non-hydrogen) atoms. The lowest BCUT2D eigenvalue weighted by Gasteiger charge is -2.39. The largest absolute Gasteiger partial charge is 0.479 e. The Morgan fingerprint density at radius 2 is 2.06 bits per heavy atom. The van der Waals surface area contributed by atoms with Gasteiger partial charge in [0.2, 0.25) is 5.88 Å². The Morgan fingerprint density at radius 3 is 2.81 bits per heavy atom. The molecule has 0 saturated carbocycles. The van der Waals surface area contributed by atoms with Gasteiger partial charge in [-0.25, -0.2) is 14.4 Å². The number of pyridine rings is 1. The number of likely N-dealkylation sites (N-methyl/N-ethyl adjacent to an activating group) is 1. The highest BCUT2D eigenvalue weighted by Gasteiger charge is 2.42. The van der Waals surface area contributed by atoms with Crippen molar-refractivity contribution in [1.82, 2.24) is 24.4 Å². The van der Waals surface area contributed by atoms with E-state index in [1.807, 2.05) is 42.9 Å². The number of hydrogen-bond donors (Lipinski definition) is 0. The summed E-state index contributed by atoms with van der Waals surface area (Å²) in [6.07, 6.45) is 5.46. The first kappa shape index (κ1) is 20.9. The molecule has 2 unspecified atom stereocenters. The number of rotatable bonds is 4. The Bertz CT molecular complexity index is 1190. The van der Waals surface area contributed by atoms with Crippen molar-refractivity contribution in [2.24, 2.45) is 5.10 Å². The first-order chi connectivity index (χ1) is 15.5. The van der Waals surface area contributed by atoms with E-state index >= 15 is 0 Å². The second-order valence-corrected chi connectivity index (χ2v) is 9.09. The van der Waals surface area contributed by atoms with Crippen LogP contribution in [0.25, 0.3) is 5.69 Å². The van der Waals surface area contributed by atoms with Crippen LogP contribution in [-0.4, -0.2) is 57.1 Å². The smallest absolute Gasteiger partial charge is 0.238 e. The van der Waals surface area contributed by atoms with Crippen LogP contribution in [0.15, 0.2) is 52.4 Å². The Labute approximate surface area is 194 Å². The van der Waals surface area contributed by atoms with Gasteiger partial charge in [-0.05, 0) is 55.7 Å². The Hall–Kier alpha value is -2.94. The zero-order chi connectivity index (χ0) is 22.4. The third-order valence-corrected chi connectivity index (χ3v) is 6.62. The molecule has 0 N–H and O–H groups in total. The fourth-order valence-electron chi connectivity index (χ4n) is 4.66. The maximum Gasteiger partial charge on any atom is 0.238 e. The van der Waals surface area contributed by atoms with Crippen LogP contribution >= 0.6 is 15.9 Å². The number of piperidine rings is 1. The van der Waals surface area contributed by atoms with E-state index in [-0.39, 0.29) is 17.9 Å². The Kier molecular flexibility index (Phi) is 5.36. The van der Waals surface area contributed by atoms with Gasteiger partial charge in [-0.15, -0.1) is 0 Å². The average Bonchev–Trinajstić information content (AvgIpc) is 3.38. The summed E-state index contributed by atoms with van der Waals surface area (Å²) in [6.45, 7) is 2.77. The van der Waals surface area contributed by atoms with Gasteiger partial charge in [0.05, 0.1) is 19.1 Å². The van der Waals surface area contributed by atoms with Crippen LogP contribution < -0.4 is 4.74 Å². The van der Waals surface area contributed by atoms with Crippen molar-refractivity contribution in [1.29, 1.82) is 0 Å². The highest BCUT2D eigenvalue weighted by molar-refractivity contribution is 9.10. The van der Waals surface area contributed by atoms with Crippen LogP contribution in [0, 0.1) is 12.7 Å². The standard InChI is InChI=1S/C23H24BrFN6O/c1-14-12-30(13-26-14)20-9-8-19(27-22(20)32-3)21-28-31-10-4-5-16(23(31)29(21)2)17-11-15(24)6-7-18(17)25/h6-9,11-13,16,23H,4-5,10H2,1-3H3. The van der Waals surface area contributed by atoms with Crippen molar-refractivity contribution in [3.63, 3.8) is 0 Å². The van der Waals surface area contributed by atoms with Gasteiger partial charge >= 0.3 is 0 Å². The first-order valence-electron chi connectivity index (χ1n) is 10.6. The number of amidine groups is 1. The zero-order valence-electron chi connectivity index (χ0n) is 18.2. The van der Waals surface area contributed by atoms with Crippen molar-refractivity contribution in [3.05, 3.63) is 70.1 Å². The molecule has 166 valence electrons. The summed E-state index contributed by atoms with van der Waals surface area (Å²) in [7, 11) is 3.61. The van der Waals surface area contributed by atoms with Gasteiger partial charge in [0.15, 0.2) is 5.84 Å². The summed E-state index contributed by atoms with van der Waals surface area (Å²) in [5, 5.41) is 6.94. The highest BCUT2D eigenvalue weighted by Crippen LogP contribution is 2.39. The van der Waals surface area contributed by atoms with E-state index in [0.717, 1.165) is 41.1 Å². The molecular weight excluding hydrogens is 475 g/mol. The van der Waals surface area contributed by atoms with E-state index in [4.69, 9.17) is 14.8 Å². The molecule has 2 atom stereocenters. The molecule has 0 spiro atoms. The number of aryl methyl sites for hydroxylation is 1. The minimum Gasteiger partial charge on any atom is -0.479 e. The minimum absolute atomic E-state index is 0.00240. The number of hydrogen-bond acceptors (Lipinski definition) is 6. The fraction of sp³-hybridized carbons (Fsp3) is 0.348. The average molecular weight is 499 g/mol. The van der Waals surface area contributed by atoms with Crippen LogP contribution in [0.3, 0.4) is 0 Å². The molecule has 2 aromatic heterocycles. The lowest BCUT2D eigenvalue weighted by molar-refractivity contribution is 0.0798. The Morgan fingerprint density at radius 1 is 1.22 bits per heavy atom. The molecule has 5 rings (SSSR count). The minimum atomic E-state index is -0.179. The number of methoxy groups -OCH3 is 1. The van der Waals surface area contributed by atoms with Crippen LogP contribution in [0.4, 0.5) is 4.39 Å². The normalized spacial score (nSPS) is 20.3. The monoisotopic (exact) mass is 498 g/mol. The fourth-order valence-corrected chi connectivity index (χ4v) is 5.04.